The van der Waals surface area contributed by atoms with Gasteiger partial charge in [-0.1, -0.05) is 30.7 Å². The molecule has 2 heterocycles. The van der Waals surface area contributed by atoms with Crippen molar-refractivity contribution in [3.8, 4) is 5.69 Å². The normalized spacial score (nSPS) is 14.4. The molecular weight excluding hydrogens is 545 g/mol. The standard InChI is InChI=1S/C28H36ClN5O2.2ClH/c1-4-6-27-31-25(19-34(27)23-11-9-22(29)10-12-23)28(36)30-17-24(35)18-32-13-15-33(16-14-32)26-8-5-7-20(2)21(26)3;;/h5,7-12,19,24,35H,4,6,13-18H2,1-3H3,(H,30,36);2*1H. The number of β-amino-alcohol motifs (C(OH)–C–C–N with tert-alkyl or cyclic N) is 1. The van der Waals surface area contributed by atoms with E-state index in [0.29, 0.717) is 17.3 Å². The van der Waals surface area contributed by atoms with Gasteiger partial charge in [-0.25, -0.2) is 4.98 Å². The zero-order chi connectivity index (χ0) is 25.7. The number of nitrogens with zero attached hydrogens (tertiary/aromatic N) is 4. The van der Waals surface area contributed by atoms with E-state index in [1.807, 2.05) is 28.8 Å². The van der Waals surface area contributed by atoms with Gasteiger partial charge in [0, 0.05) is 68.3 Å². The van der Waals surface area contributed by atoms with Gasteiger partial charge in [-0.2, -0.15) is 0 Å². The summed E-state index contributed by atoms with van der Waals surface area (Å²) in [5.74, 6) is 0.547. The summed E-state index contributed by atoms with van der Waals surface area (Å²) in [6.07, 6.45) is 2.78. The Labute approximate surface area is 243 Å². The van der Waals surface area contributed by atoms with Crippen molar-refractivity contribution in [2.45, 2.75) is 39.7 Å². The van der Waals surface area contributed by atoms with Crippen LogP contribution in [0.4, 0.5) is 5.69 Å². The summed E-state index contributed by atoms with van der Waals surface area (Å²) in [5, 5.41) is 14.1. The van der Waals surface area contributed by atoms with Gasteiger partial charge in [-0.15, -0.1) is 24.8 Å². The number of aromatic nitrogens is 2. The molecule has 1 aliphatic rings. The van der Waals surface area contributed by atoms with E-state index < -0.39 is 6.10 Å². The molecule has 0 bridgehead atoms. The van der Waals surface area contributed by atoms with Crippen LogP contribution in [0.3, 0.4) is 0 Å². The quantitative estimate of drug-likeness (QED) is 0.377. The summed E-state index contributed by atoms with van der Waals surface area (Å²) >= 11 is 6.02. The van der Waals surface area contributed by atoms with Gasteiger partial charge < -0.3 is 19.9 Å². The van der Waals surface area contributed by atoms with E-state index in [-0.39, 0.29) is 37.3 Å². The van der Waals surface area contributed by atoms with Crippen LogP contribution >= 0.6 is 36.4 Å². The van der Waals surface area contributed by atoms with Crippen molar-refractivity contribution in [2.75, 3.05) is 44.2 Å². The summed E-state index contributed by atoms with van der Waals surface area (Å²) < 4.78 is 1.93. The number of anilines is 1. The molecule has 1 amide bonds. The molecule has 3 aromatic rings. The van der Waals surface area contributed by atoms with Gasteiger partial charge in [-0.3, -0.25) is 9.69 Å². The van der Waals surface area contributed by atoms with E-state index >= 15 is 0 Å². The molecule has 1 unspecified atom stereocenters. The molecule has 1 aromatic heterocycles. The van der Waals surface area contributed by atoms with Crippen LogP contribution in [0.2, 0.25) is 5.02 Å². The Balaban J connectivity index is 0.00000253. The minimum Gasteiger partial charge on any atom is -0.390 e. The molecule has 0 saturated carbocycles. The highest BCUT2D eigenvalue weighted by Gasteiger charge is 2.22. The highest BCUT2D eigenvalue weighted by atomic mass is 35.5. The predicted molar refractivity (Wildman–Crippen MR) is 160 cm³/mol. The lowest BCUT2D eigenvalue weighted by Crippen LogP contribution is -2.50. The average Bonchev–Trinajstić information content (AvgIpc) is 3.29. The maximum absolute atomic E-state index is 12.8. The van der Waals surface area contributed by atoms with E-state index in [4.69, 9.17) is 11.6 Å². The van der Waals surface area contributed by atoms with E-state index in [2.05, 4.69) is 59.1 Å². The molecule has 1 aliphatic heterocycles. The van der Waals surface area contributed by atoms with Gasteiger partial charge in [0.25, 0.3) is 5.91 Å². The van der Waals surface area contributed by atoms with Gasteiger partial charge in [0.2, 0.25) is 0 Å². The topological polar surface area (TPSA) is 73.6 Å². The Kier molecular flexibility index (Phi) is 12.4. The van der Waals surface area contributed by atoms with Crippen LogP contribution < -0.4 is 10.2 Å². The molecule has 1 atom stereocenters. The molecule has 10 heteroatoms. The van der Waals surface area contributed by atoms with Crippen LogP contribution in [0.1, 0.15) is 40.8 Å². The summed E-state index contributed by atoms with van der Waals surface area (Å²) in [6, 6.07) is 13.9. The van der Waals surface area contributed by atoms with E-state index in [1.54, 1.807) is 6.20 Å². The Bertz CT molecular complexity index is 1180. The van der Waals surface area contributed by atoms with Crippen LogP contribution in [0.5, 0.6) is 0 Å². The zero-order valence-corrected chi connectivity index (χ0v) is 24.6. The molecule has 0 aliphatic carbocycles. The lowest BCUT2D eigenvalue weighted by atomic mass is 10.1. The fourth-order valence-electron chi connectivity index (χ4n) is 4.67. The number of amides is 1. The highest BCUT2D eigenvalue weighted by Crippen LogP contribution is 2.24. The molecule has 38 heavy (non-hydrogen) atoms. The number of nitrogens with one attached hydrogen (secondary N) is 1. The molecule has 4 rings (SSSR count). The number of hydrogen-bond donors (Lipinski definition) is 2. The number of halogens is 3. The van der Waals surface area contributed by atoms with Crippen molar-refractivity contribution in [1.82, 2.24) is 19.8 Å². The smallest absolute Gasteiger partial charge is 0.271 e. The fourth-order valence-corrected chi connectivity index (χ4v) is 4.79. The number of imidazole rings is 1. The van der Waals surface area contributed by atoms with Gasteiger partial charge in [0.15, 0.2) is 0 Å². The Morgan fingerprint density at radius 2 is 1.76 bits per heavy atom. The molecule has 1 fully saturated rings. The minimum absolute atomic E-state index is 0. The number of aliphatic hydroxyl groups is 1. The van der Waals surface area contributed by atoms with Crippen LogP contribution in [0.25, 0.3) is 5.69 Å². The first-order chi connectivity index (χ1) is 17.4. The van der Waals surface area contributed by atoms with Crippen LogP contribution in [-0.4, -0.2) is 70.8 Å². The Morgan fingerprint density at radius 1 is 1.08 bits per heavy atom. The second kappa shape index (κ2) is 14.8. The Hall–Kier alpha value is -2.29. The minimum atomic E-state index is -0.644. The molecule has 0 spiro atoms. The summed E-state index contributed by atoms with van der Waals surface area (Å²) in [5.41, 5.74) is 5.19. The maximum atomic E-state index is 12.8. The van der Waals surface area contributed by atoms with E-state index in [0.717, 1.165) is 50.5 Å². The van der Waals surface area contributed by atoms with Crippen molar-refractivity contribution in [2.24, 2.45) is 0 Å². The van der Waals surface area contributed by atoms with Gasteiger partial charge in [-0.05, 0) is 61.7 Å². The average molecular weight is 583 g/mol. The van der Waals surface area contributed by atoms with E-state index in [1.165, 1.54) is 16.8 Å². The summed E-state index contributed by atoms with van der Waals surface area (Å²) in [6.45, 7) is 10.7. The molecule has 1 saturated heterocycles. The highest BCUT2D eigenvalue weighted by molar-refractivity contribution is 6.30. The fraction of sp³-hybridized carbons (Fsp3) is 0.429. The molecular formula is C28H38Cl3N5O2. The van der Waals surface area contributed by atoms with Crippen molar-refractivity contribution in [3.63, 3.8) is 0 Å². The number of benzene rings is 2. The van der Waals surface area contributed by atoms with Crippen molar-refractivity contribution >= 4 is 48.0 Å². The second-order valence-electron chi connectivity index (χ2n) is 9.51. The van der Waals surface area contributed by atoms with Crippen molar-refractivity contribution in [3.05, 3.63) is 76.3 Å². The van der Waals surface area contributed by atoms with Crippen molar-refractivity contribution in [1.29, 1.82) is 0 Å². The monoisotopic (exact) mass is 581 g/mol. The SMILES string of the molecule is CCCc1nc(C(=O)NCC(O)CN2CCN(c3cccc(C)c3C)CC2)cn1-c1ccc(Cl)cc1.Cl.Cl. The number of hydrogen-bond acceptors (Lipinski definition) is 5. The first kappa shape index (κ1) is 31.9. The first-order valence-electron chi connectivity index (χ1n) is 12.7. The first-order valence-corrected chi connectivity index (χ1v) is 13.1. The lowest BCUT2D eigenvalue weighted by molar-refractivity contribution is 0.0848. The van der Waals surface area contributed by atoms with Crippen LogP contribution in [0.15, 0.2) is 48.7 Å². The van der Waals surface area contributed by atoms with Gasteiger partial charge >= 0.3 is 0 Å². The number of carbonyl (C=O) groups is 1. The number of carbonyl (C=O) groups excluding carboxylic acids is 1. The summed E-state index contributed by atoms with van der Waals surface area (Å²) in [7, 11) is 0. The largest absolute Gasteiger partial charge is 0.390 e. The molecule has 0 radical (unpaired) electrons. The predicted octanol–water partition coefficient (Wildman–Crippen LogP) is 4.85. The molecule has 2 N–H and O–H groups in total. The number of piperazine rings is 1. The van der Waals surface area contributed by atoms with Crippen LogP contribution in [0, 0.1) is 13.8 Å². The number of rotatable bonds is 9. The van der Waals surface area contributed by atoms with Crippen LogP contribution in [-0.2, 0) is 6.42 Å². The molecule has 2 aromatic carbocycles. The third kappa shape index (κ3) is 7.87. The lowest BCUT2D eigenvalue weighted by Gasteiger charge is -2.37. The van der Waals surface area contributed by atoms with E-state index in [9.17, 15) is 9.90 Å². The van der Waals surface area contributed by atoms with Gasteiger partial charge in [0.1, 0.15) is 11.5 Å². The zero-order valence-electron chi connectivity index (χ0n) is 22.2. The molecule has 7 nitrogen and oxygen atoms in total. The summed E-state index contributed by atoms with van der Waals surface area (Å²) in [4.78, 5) is 22.1. The maximum Gasteiger partial charge on any atom is 0.271 e. The van der Waals surface area contributed by atoms with Crippen molar-refractivity contribution < 1.29 is 9.90 Å². The van der Waals surface area contributed by atoms with Gasteiger partial charge in [0.05, 0.1) is 6.10 Å². The second-order valence-corrected chi connectivity index (χ2v) is 9.95. The number of aliphatic hydroxyl groups excluding tert-OH is 1. The molecule has 208 valence electrons. The third-order valence-corrected chi connectivity index (χ3v) is 7.10. The third-order valence-electron chi connectivity index (χ3n) is 6.85. The Morgan fingerprint density at radius 3 is 2.42 bits per heavy atom. The number of aryl methyl sites for hydroxylation is 2.